The van der Waals surface area contributed by atoms with Crippen molar-refractivity contribution in [3.63, 3.8) is 0 Å². The van der Waals surface area contributed by atoms with Gasteiger partial charge in [0.1, 0.15) is 5.00 Å². The summed E-state index contributed by atoms with van der Waals surface area (Å²) < 4.78 is 4.83. The van der Waals surface area contributed by atoms with Gasteiger partial charge in [-0.3, -0.25) is 4.79 Å². The number of carbonyl (C=O) groups excluding carboxylic acids is 2. The highest BCUT2D eigenvalue weighted by atomic mass is 32.1. The summed E-state index contributed by atoms with van der Waals surface area (Å²) in [4.78, 5) is 26.3. The minimum atomic E-state index is -0.490. The number of thiocarbonyl (C=S) groups is 1. The zero-order chi connectivity index (χ0) is 17.6. The van der Waals surface area contributed by atoms with E-state index in [9.17, 15) is 9.59 Å². The Morgan fingerprint density at radius 1 is 1.35 bits per heavy atom. The summed E-state index contributed by atoms with van der Waals surface area (Å²) >= 11 is 6.44. The fourth-order valence-electron chi connectivity index (χ4n) is 1.88. The van der Waals surface area contributed by atoms with Gasteiger partial charge in [-0.2, -0.15) is 0 Å². The van der Waals surface area contributed by atoms with E-state index in [2.05, 4.69) is 17.6 Å². The average Bonchev–Trinajstić information content (AvgIpc) is 2.82. The normalized spacial score (nSPS) is 10.1. The lowest BCUT2D eigenvalue weighted by atomic mass is 10.1. The van der Waals surface area contributed by atoms with E-state index in [0.29, 0.717) is 26.1 Å². The molecule has 0 radical (unpaired) electrons. The van der Waals surface area contributed by atoms with Gasteiger partial charge in [0.05, 0.1) is 17.6 Å². The number of carbonyl (C=O) groups is 2. The lowest BCUT2D eigenvalue weighted by Gasteiger charge is -2.10. The first-order chi connectivity index (χ1) is 10.8. The zero-order valence-electron chi connectivity index (χ0n) is 14.1. The molecule has 0 aromatic carbocycles. The number of methoxy groups -OCH3 is 1. The quantitative estimate of drug-likeness (QED) is 0.463. The summed E-state index contributed by atoms with van der Waals surface area (Å²) in [6, 6.07) is 0. The molecule has 1 aromatic rings. The van der Waals surface area contributed by atoms with Crippen LogP contribution in [0.3, 0.4) is 0 Å². The van der Waals surface area contributed by atoms with E-state index in [1.807, 2.05) is 0 Å². The van der Waals surface area contributed by atoms with E-state index in [1.54, 1.807) is 21.0 Å². The van der Waals surface area contributed by atoms with Crippen LogP contribution in [0.1, 0.15) is 45.4 Å². The van der Waals surface area contributed by atoms with Gasteiger partial charge in [-0.25, -0.2) is 4.79 Å². The van der Waals surface area contributed by atoms with Crippen molar-refractivity contribution >= 4 is 45.5 Å². The molecule has 2 N–H and O–H groups in total. The molecule has 23 heavy (non-hydrogen) atoms. The second-order valence-corrected chi connectivity index (χ2v) is 6.61. The first-order valence-corrected chi connectivity index (χ1v) is 8.54. The summed E-state index contributed by atoms with van der Waals surface area (Å²) in [5, 5.41) is 7.03. The number of hydrogen-bond donors (Lipinski definition) is 2. The van der Waals surface area contributed by atoms with Gasteiger partial charge in [0.15, 0.2) is 5.11 Å². The Bertz CT molecular complexity index is 597. The highest BCUT2D eigenvalue weighted by Gasteiger charge is 2.26. The number of unbranched alkanes of at least 4 members (excludes halogenated alkanes) is 1. The highest BCUT2D eigenvalue weighted by Crippen LogP contribution is 2.34. The van der Waals surface area contributed by atoms with Crippen molar-refractivity contribution in [1.82, 2.24) is 10.2 Å². The number of anilines is 1. The van der Waals surface area contributed by atoms with Gasteiger partial charge >= 0.3 is 5.97 Å². The van der Waals surface area contributed by atoms with Crippen molar-refractivity contribution in [2.75, 3.05) is 33.1 Å². The molecular formula is C15H23N3O3S2. The molecular weight excluding hydrogens is 334 g/mol. The Morgan fingerprint density at radius 2 is 2.00 bits per heavy atom. The fraction of sp³-hybridized carbons (Fsp3) is 0.533. The van der Waals surface area contributed by atoms with Gasteiger partial charge in [-0.05, 0) is 31.1 Å². The molecule has 8 heteroatoms. The van der Waals surface area contributed by atoms with Gasteiger partial charge in [-0.1, -0.05) is 13.3 Å². The molecule has 0 aliphatic rings. The molecule has 1 aromatic heterocycles. The number of nitrogens with zero attached hydrogens (tertiary/aromatic N) is 1. The Labute approximate surface area is 146 Å². The van der Waals surface area contributed by atoms with E-state index < -0.39 is 5.97 Å². The van der Waals surface area contributed by atoms with Crippen LogP contribution in [-0.4, -0.2) is 49.6 Å². The molecule has 0 bridgehead atoms. The van der Waals surface area contributed by atoms with Gasteiger partial charge in [0.25, 0.3) is 5.91 Å². The predicted molar refractivity (Wildman–Crippen MR) is 97.5 cm³/mol. The maximum atomic E-state index is 12.2. The van der Waals surface area contributed by atoms with Crippen molar-refractivity contribution in [3.05, 3.63) is 16.0 Å². The number of nitrogens with one attached hydrogen (secondary N) is 2. The van der Waals surface area contributed by atoms with Gasteiger partial charge in [0.2, 0.25) is 0 Å². The summed E-state index contributed by atoms with van der Waals surface area (Å²) in [6.07, 6.45) is 2.06. The second-order valence-electron chi connectivity index (χ2n) is 5.19. The highest BCUT2D eigenvalue weighted by molar-refractivity contribution is 7.80. The van der Waals surface area contributed by atoms with Crippen LogP contribution in [0.4, 0.5) is 5.00 Å². The van der Waals surface area contributed by atoms with Crippen LogP contribution in [0.2, 0.25) is 0 Å². The fourth-order valence-corrected chi connectivity index (χ4v) is 3.37. The molecule has 0 aliphatic carbocycles. The number of rotatable bonds is 6. The van der Waals surface area contributed by atoms with Crippen LogP contribution in [-0.2, 0) is 4.74 Å². The topological polar surface area (TPSA) is 70.7 Å². The largest absolute Gasteiger partial charge is 0.465 e. The molecule has 0 unspecified atom stereocenters. The minimum Gasteiger partial charge on any atom is -0.465 e. The first kappa shape index (κ1) is 19.4. The summed E-state index contributed by atoms with van der Waals surface area (Å²) in [5.74, 6) is -0.647. The molecule has 1 heterocycles. The van der Waals surface area contributed by atoms with E-state index in [4.69, 9.17) is 17.0 Å². The number of esters is 1. The Hall–Kier alpha value is -1.67. The van der Waals surface area contributed by atoms with Crippen LogP contribution in [0.15, 0.2) is 0 Å². The zero-order valence-corrected chi connectivity index (χ0v) is 15.7. The summed E-state index contributed by atoms with van der Waals surface area (Å²) in [5.41, 5.74) is 0.946. The van der Waals surface area contributed by atoms with Crippen LogP contribution >= 0.6 is 23.6 Å². The molecule has 1 amide bonds. The van der Waals surface area contributed by atoms with Crippen molar-refractivity contribution < 1.29 is 14.3 Å². The summed E-state index contributed by atoms with van der Waals surface area (Å²) in [7, 11) is 4.65. The Balaban J connectivity index is 3.09. The average molecular weight is 358 g/mol. The predicted octanol–water partition coefficient (Wildman–Crippen LogP) is 2.63. The molecule has 0 aliphatic heterocycles. The molecule has 128 valence electrons. The van der Waals surface area contributed by atoms with Gasteiger partial charge < -0.3 is 20.3 Å². The molecule has 0 spiro atoms. The van der Waals surface area contributed by atoms with E-state index in [1.165, 1.54) is 23.3 Å². The third-order valence-corrected chi connectivity index (χ3v) is 4.62. The van der Waals surface area contributed by atoms with Gasteiger partial charge in [-0.15, -0.1) is 11.3 Å². The molecule has 1 rings (SSSR count). The maximum Gasteiger partial charge on any atom is 0.341 e. The number of ether oxygens (including phenoxy) is 1. The number of amides is 1. The van der Waals surface area contributed by atoms with Crippen molar-refractivity contribution in [2.45, 2.75) is 26.7 Å². The first-order valence-electron chi connectivity index (χ1n) is 7.31. The van der Waals surface area contributed by atoms with Crippen LogP contribution in [0.5, 0.6) is 0 Å². The van der Waals surface area contributed by atoms with Crippen molar-refractivity contribution in [2.24, 2.45) is 0 Å². The molecule has 0 fully saturated rings. The van der Waals surface area contributed by atoms with Gasteiger partial charge in [0, 0.05) is 20.6 Å². The standard InChI is InChI=1S/C15H23N3O3S2/c1-6-7-8-16-15(22)17-12-10(14(20)21-5)9(2)11(23-12)13(19)18(3)4/h6-8H2,1-5H3,(H2,16,17,22). The van der Waals surface area contributed by atoms with Crippen molar-refractivity contribution in [3.8, 4) is 0 Å². The van der Waals surface area contributed by atoms with E-state index >= 15 is 0 Å². The monoisotopic (exact) mass is 357 g/mol. The second kappa shape index (κ2) is 8.83. The number of thiophene rings is 1. The summed E-state index contributed by atoms with van der Waals surface area (Å²) in [6.45, 7) is 4.58. The minimum absolute atomic E-state index is 0.157. The third kappa shape index (κ3) is 4.90. The molecule has 0 saturated carbocycles. The van der Waals surface area contributed by atoms with Crippen LogP contribution in [0, 0.1) is 6.92 Å². The lowest BCUT2D eigenvalue weighted by molar-refractivity contribution is 0.0601. The molecule has 0 saturated heterocycles. The maximum absolute atomic E-state index is 12.2. The van der Waals surface area contributed by atoms with E-state index in [-0.39, 0.29) is 5.91 Å². The molecule has 0 atom stereocenters. The SMILES string of the molecule is CCCCNC(=S)Nc1sc(C(=O)N(C)C)c(C)c1C(=O)OC. The van der Waals surface area contributed by atoms with Crippen LogP contribution < -0.4 is 10.6 Å². The smallest absolute Gasteiger partial charge is 0.341 e. The molecule has 6 nitrogen and oxygen atoms in total. The lowest BCUT2D eigenvalue weighted by Crippen LogP contribution is -2.29. The van der Waals surface area contributed by atoms with E-state index in [0.717, 1.165) is 19.4 Å². The third-order valence-electron chi connectivity index (χ3n) is 3.18. The Kier molecular flexibility index (Phi) is 7.44. The van der Waals surface area contributed by atoms with Crippen LogP contribution in [0.25, 0.3) is 0 Å². The number of hydrogen-bond acceptors (Lipinski definition) is 5. The van der Waals surface area contributed by atoms with Crippen molar-refractivity contribution in [1.29, 1.82) is 0 Å². The Morgan fingerprint density at radius 3 is 2.52 bits per heavy atom.